The molecule has 10 heteroatoms. The van der Waals surface area contributed by atoms with Crippen molar-refractivity contribution in [2.75, 3.05) is 44.0 Å². The van der Waals surface area contributed by atoms with Gasteiger partial charge in [0.15, 0.2) is 12.1 Å². The Kier molecular flexibility index (Phi) is 7.10. The second kappa shape index (κ2) is 11.3. The molecular weight excluding hydrogens is 518 g/mol. The van der Waals surface area contributed by atoms with Crippen LogP contribution >= 0.6 is 0 Å². The van der Waals surface area contributed by atoms with Gasteiger partial charge in [-0.1, -0.05) is 12.1 Å². The van der Waals surface area contributed by atoms with Gasteiger partial charge in [-0.3, -0.25) is 5.10 Å². The molecular formula is C31H33N7O3. The molecule has 2 aromatic heterocycles. The van der Waals surface area contributed by atoms with Crippen molar-refractivity contribution in [1.29, 1.82) is 0 Å². The number of aromatic nitrogens is 4. The van der Waals surface area contributed by atoms with Crippen molar-refractivity contribution in [2.24, 2.45) is 5.92 Å². The van der Waals surface area contributed by atoms with E-state index in [-0.39, 0.29) is 12.3 Å². The quantitative estimate of drug-likeness (QED) is 0.139. The van der Waals surface area contributed by atoms with Crippen LogP contribution in [0.4, 0.5) is 17.2 Å². The molecule has 2 unspecified atom stereocenters. The minimum absolute atomic E-state index is 0.0532. The largest absolute Gasteiger partial charge is 0.491 e. The number of fused-ring (bicyclic) bond motifs is 2. The van der Waals surface area contributed by atoms with Crippen LogP contribution in [0.1, 0.15) is 12.8 Å². The molecule has 210 valence electrons. The third kappa shape index (κ3) is 5.67. The van der Waals surface area contributed by atoms with Crippen LogP contribution in [-0.4, -0.2) is 65.9 Å². The summed E-state index contributed by atoms with van der Waals surface area (Å²) < 4.78 is 17.0. The highest BCUT2D eigenvalue weighted by Crippen LogP contribution is 2.36. The molecule has 2 aliphatic rings. The van der Waals surface area contributed by atoms with E-state index >= 15 is 0 Å². The molecule has 3 aromatic carbocycles. The summed E-state index contributed by atoms with van der Waals surface area (Å²) in [5.74, 6) is 2.67. The number of piperidine rings is 1. The number of anilines is 3. The highest BCUT2D eigenvalue weighted by molar-refractivity contribution is 5.94. The Morgan fingerprint density at radius 1 is 0.976 bits per heavy atom. The lowest BCUT2D eigenvalue weighted by Crippen LogP contribution is -2.31. The Morgan fingerprint density at radius 2 is 1.90 bits per heavy atom. The first-order valence-electron chi connectivity index (χ1n) is 14.1. The lowest BCUT2D eigenvalue weighted by atomic mass is 9.94. The average Bonchev–Trinajstić information content (AvgIpc) is 3.61. The zero-order chi connectivity index (χ0) is 27.6. The normalized spacial score (nSPS) is 19.0. The van der Waals surface area contributed by atoms with Gasteiger partial charge < -0.3 is 30.2 Å². The number of nitrogens with zero attached hydrogens (tertiary/aromatic N) is 3. The molecule has 7 rings (SSSR count). The van der Waals surface area contributed by atoms with Gasteiger partial charge in [0, 0.05) is 34.8 Å². The Bertz CT molecular complexity index is 1670. The highest BCUT2D eigenvalue weighted by atomic mass is 16.6. The first kappa shape index (κ1) is 25.7. The Morgan fingerprint density at radius 3 is 2.80 bits per heavy atom. The van der Waals surface area contributed by atoms with Crippen LogP contribution in [0.3, 0.4) is 0 Å². The molecule has 4 N–H and O–H groups in total. The minimum Gasteiger partial charge on any atom is -0.491 e. The fraction of sp³-hybridized carbons (Fsp3) is 0.323. The van der Waals surface area contributed by atoms with E-state index < -0.39 is 0 Å². The van der Waals surface area contributed by atoms with Gasteiger partial charge in [-0.15, -0.1) is 0 Å². The molecule has 2 atom stereocenters. The van der Waals surface area contributed by atoms with Crippen LogP contribution in [0.25, 0.3) is 33.2 Å². The minimum atomic E-state index is 0.0532. The van der Waals surface area contributed by atoms with Gasteiger partial charge in [0.1, 0.15) is 24.3 Å². The maximum absolute atomic E-state index is 6.01. The Hall–Kier alpha value is -4.25. The number of methoxy groups -OCH3 is 1. The number of hydrogen-bond acceptors (Lipinski definition) is 9. The van der Waals surface area contributed by atoms with Gasteiger partial charge in [-0.25, -0.2) is 9.97 Å². The lowest BCUT2D eigenvalue weighted by molar-refractivity contribution is 0.146. The summed E-state index contributed by atoms with van der Waals surface area (Å²) in [5.41, 5.74) is 4.61. The number of nitrogens with one attached hydrogen (secondary N) is 4. The fourth-order valence-corrected chi connectivity index (χ4v) is 5.51. The maximum Gasteiger partial charge on any atom is 0.162 e. The summed E-state index contributed by atoms with van der Waals surface area (Å²) in [6.45, 7) is 3.11. The van der Waals surface area contributed by atoms with Crippen LogP contribution in [-0.2, 0) is 9.47 Å². The third-order valence-electron chi connectivity index (χ3n) is 7.73. The summed E-state index contributed by atoms with van der Waals surface area (Å²) in [6, 6.07) is 20.1. The van der Waals surface area contributed by atoms with Crippen LogP contribution in [0.15, 0.2) is 66.9 Å². The van der Waals surface area contributed by atoms with E-state index in [2.05, 4.69) is 38.3 Å². The van der Waals surface area contributed by atoms with Gasteiger partial charge in [-0.05, 0) is 80.4 Å². The van der Waals surface area contributed by atoms with Gasteiger partial charge in [-0.2, -0.15) is 5.10 Å². The smallest absolute Gasteiger partial charge is 0.162 e. The number of benzene rings is 3. The zero-order valence-corrected chi connectivity index (χ0v) is 22.9. The molecule has 2 saturated heterocycles. The molecule has 10 nitrogen and oxygen atoms in total. The zero-order valence-electron chi connectivity index (χ0n) is 22.9. The Balaban J connectivity index is 1.19. The van der Waals surface area contributed by atoms with Crippen molar-refractivity contribution in [1.82, 2.24) is 25.5 Å². The van der Waals surface area contributed by atoms with Crippen molar-refractivity contribution >= 4 is 39.0 Å². The van der Waals surface area contributed by atoms with E-state index in [1.807, 2.05) is 54.7 Å². The van der Waals surface area contributed by atoms with Crippen LogP contribution in [0, 0.1) is 5.92 Å². The first-order chi connectivity index (χ1) is 20.2. The monoisotopic (exact) mass is 551 g/mol. The summed E-state index contributed by atoms with van der Waals surface area (Å²) in [7, 11) is 1.66. The molecule has 0 saturated carbocycles. The molecule has 0 radical (unpaired) electrons. The molecule has 0 spiro atoms. The van der Waals surface area contributed by atoms with E-state index in [0.29, 0.717) is 30.8 Å². The molecule has 2 fully saturated rings. The van der Waals surface area contributed by atoms with E-state index in [4.69, 9.17) is 24.2 Å². The van der Waals surface area contributed by atoms with Crippen molar-refractivity contribution in [2.45, 2.75) is 25.2 Å². The summed E-state index contributed by atoms with van der Waals surface area (Å²) in [6.07, 6.45) is 4.47. The molecule has 4 heterocycles. The average molecular weight is 552 g/mol. The van der Waals surface area contributed by atoms with Crippen molar-refractivity contribution in [3.63, 3.8) is 0 Å². The second-order valence-corrected chi connectivity index (χ2v) is 10.5. The SMILES string of the molecule is COCCOc1ccc2nc(-c3cccc(NC4OC4C4CCNCC4)c3)nc(Nc3ccc4[nH]ncc4c3)c2c1. The lowest BCUT2D eigenvalue weighted by Gasteiger charge is -2.20. The number of rotatable bonds is 10. The van der Waals surface area contributed by atoms with Crippen molar-refractivity contribution in [3.8, 4) is 17.1 Å². The Labute approximate surface area is 237 Å². The van der Waals surface area contributed by atoms with Crippen molar-refractivity contribution in [3.05, 3.63) is 66.9 Å². The topological polar surface area (TPSA) is 122 Å². The first-order valence-corrected chi connectivity index (χ1v) is 14.1. The van der Waals surface area contributed by atoms with E-state index in [1.54, 1.807) is 7.11 Å². The predicted octanol–water partition coefficient (Wildman–Crippen LogP) is 5.08. The van der Waals surface area contributed by atoms with E-state index in [0.717, 1.165) is 70.4 Å². The van der Waals surface area contributed by atoms with Crippen LogP contribution in [0.5, 0.6) is 5.75 Å². The number of H-pyrrole nitrogens is 1. The number of epoxide rings is 1. The molecule has 0 aliphatic carbocycles. The van der Waals surface area contributed by atoms with E-state index in [1.165, 1.54) is 0 Å². The summed E-state index contributed by atoms with van der Waals surface area (Å²) >= 11 is 0. The highest BCUT2D eigenvalue weighted by Gasteiger charge is 2.45. The maximum atomic E-state index is 6.01. The molecule has 0 amide bonds. The van der Waals surface area contributed by atoms with Gasteiger partial charge in [0.2, 0.25) is 0 Å². The van der Waals surface area contributed by atoms with Crippen LogP contribution < -0.4 is 20.7 Å². The molecule has 0 bridgehead atoms. The number of ether oxygens (including phenoxy) is 3. The third-order valence-corrected chi connectivity index (χ3v) is 7.73. The van der Waals surface area contributed by atoms with Gasteiger partial charge in [0.05, 0.1) is 23.8 Å². The number of aromatic amines is 1. The summed E-state index contributed by atoms with van der Waals surface area (Å²) in [4.78, 5) is 9.94. The standard InChI is InChI=1S/C31H33N7O3/c1-39-13-14-40-24-6-8-27-25(17-24)30(34-23-5-7-26-21(16-23)18-33-38-26)37-29(36-27)20-3-2-4-22(15-20)35-31-28(41-31)19-9-11-32-12-10-19/h2-8,15-19,28,31-32,35H,9-14H2,1H3,(H,33,38)(H,34,36,37). The molecule has 2 aliphatic heterocycles. The van der Waals surface area contributed by atoms with Crippen LogP contribution in [0.2, 0.25) is 0 Å². The van der Waals surface area contributed by atoms with Gasteiger partial charge in [0.25, 0.3) is 0 Å². The van der Waals surface area contributed by atoms with Crippen molar-refractivity contribution < 1.29 is 14.2 Å². The molecule has 41 heavy (non-hydrogen) atoms. The van der Waals surface area contributed by atoms with E-state index in [9.17, 15) is 0 Å². The molecule has 5 aromatic rings. The summed E-state index contributed by atoms with van der Waals surface area (Å²) in [5, 5.41) is 19.5. The second-order valence-electron chi connectivity index (χ2n) is 10.5. The van der Waals surface area contributed by atoms with Gasteiger partial charge >= 0.3 is 0 Å². The predicted molar refractivity (Wildman–Crippen MR) is 160 cm³/mol. The fourth-order valence-electron chi connectivity index (χ4n) is 5.51. The number of hydrogen-bond donors (Lipinski definition) is 4.